The second-order valence-corrected chi connectivity index (χ2v) is 8.01. The van der Waals surface area contributed by atoms with Gasteiger partial charge in [0.1, 0.15) is 0 Å². The minimum absolute atomic E-state index is 0.309. The van der Waals surface area contributed by atoms with E-state index in [1.165, 1.54) is 77.0 Å². The van der Waals surface area contributed by atoms with Crippen molar-refractivity contribution in [3.8, 4) is 0 Å². The summed E-state index contributed by atoms with van der Waals surface area (Å²) in [5.74, 6) is 0.309. The highest BCUT2D eigenvalue weighted by Crippen LogP contribution is 2.13. The molecule has 27 heavy (non-hydrogen) atoms. The van der Waals surface area contributed by atoms with Crippen molar-refractivity contribution in [2.45, 2.75) is 116 Å². The van der Waals surface area contributed by atoms with Gasteiger partial charge in [-0.1, -0.05) is 84.0 Å². The molecule has 0 fully saturated rings. The average Bonchev–Trinajstić information content (AvgIpc) is 2.68. The number of nitrogens with two attached hydrogens (primary N) is 2. The van der Waals surface area contributed by atoms with Crippen LogP contribution in [0.1, 0.15) is 116 Å². The molecule has 4 N–H and O–H groups in total. The van der Waals surface area contributed by atoms with Crippen LogP contribution in [0.2, 0.25) is 0 Å². The van der Waals surface area contributed by atoms with Gasteiger partial charge in [0.2, 0.25) is 5.91 Å². The van der Waals surface area contributed by atoms with E-state index < -0.39 is 0 Å². The summed E-state index contributed by atoms with van der Waals surface area (Å²) < 4.78 is 0. The Kier molecular flexibility index (Phi) is 21.2. The maximum absolute atomic E-state index is 12.4. The Hall–Kier alpha value is -0.610. The van der Waals surface area contributed by atoms with E-state index in [1.54, 1.807) is 0 Å². The minimum Gasteiger partial charge on any atom is -0.343 e. The number of hydrogen-bond acceptors (Lipinski definition) is 3. The third-order valence-electron chi connectivity index (χ3n) is 5.36. The van der Waals surface area contributed by atoms with Gasteiger partial charge in [-0.05, 0) is 38.8 Å². The van der Waals surface area contributed by atoms with Gasteiger partial charge in [-0.2, -0.15) is 0 Å². The smallest absolute Gasteiger partial charge is 0.222 e. The molecule has 162 valence electrons. The van der Waals surface area contributed by atoms with Crippen molar-refractivity contribution in [1.82, 2.24) is 4.90 Å². The Balaban J connectivity index is 3.53. The molecule has 0 aromatic carbocycles. The van der Waals surface area contributed by atoms with E-state index in [0.29, 0.717) is 25.4 Å². The fourth-order valence-corrected chi connectivity index (χ4v) is 3.54. The zero-order valence-corrected chi connectivity index (χ0v) is 18.4. The van der Waals surface area contributed by atoms with Crippen molar-refractivity contribution < 1.29 is 4.79 Å². The van der Waals surface area contributed by atoms with Crippen LogP contribution in [0.4, 0.5) is 0 Å². The Morgan fingerprint density at radius 2 is 1.04 bits per heavy atom. The maximum Gasteiger partial charge on any atom is 0.222 e. The molecular weight excluding hydrogens is 334 g/mol. The lowest BCUT2D eigenvalue weighted by atomic mass is 10.0. The van der Waals surface area contributed by atoms with Crippen molar-refractivity contribution >= 4 is 5.91 Å². The van der Waals surface area contributed by atoms with Crippen LogP contribution in [0.3, 0.4) is 0 Å². The predicted molar refractivity (Wildman–Crippen MR) is 119 cm³/mol. The standard InChI is InChI=1S/C23H49N3O/c1-2-3-4-5-6-7-8-9-10-11-12-13-14-18-23(27)26(22-17-20-25)21-16-15-19-24/h2-22,24-25H2,1H3. The third-order valence-corrected chi connectivity index (χ3v) is 5.36. The number of carbonyl (C=O) groups is 1. The average molecular weight is 384 g/mol. The van der Waals surface area contributed by atoms with E-state index in [-0.39, 0.29) is 0 Å². The summed E-state index contributed by atoms with van der Waals surface area (Å²) >= 11 is 0. The first-order valence-corrected chi connectivity index (χ1v) is 11.9. The quantitative estimate of drug-likeness (QED) is 0.261. The predicted octanol–water partition coefficient (Wildman–Crippen LogP) is 5.38. The Morgan fingerprint density at radius 3 is 1.52 bits per heavy atom. The van der Waals surface area contributed by atoms with Gasteiger partial charge in [0.25, 0.3) is 0 Å². The number of hydrogen-bond donors (Lipinski definition) is 2. The molecule has 0 bridgehead atoms. The van der Waals surface area contributed by atoms with Crippen LogP contribution in [0.5, 0.6) is 0 Å². The van der Waals surface area contributed by atoms with E-state index in [0.717, 1.165) is 38.8 Å². The molecule has 0 saturated carbocycles. The number of rotatable bonds is 21. The molecule has 1 amide bonds. The van der Waals surface area contributed by atoms with Crippen molar-refractivity contribution in [3.63, 3.8) is 0 Å². The van der Waals surface area contributed by atoms with Gasteiger partial charge in [-0.15, -0.1) is 0 Å². The summed E-state index contributed by atoms with van der Waals surface area (Å²) in [4.78, 5) is 14.4. The van der Waals surface area contributed by atoms with Gasteiger partial charge in [0.05, 0.1) is 0 Å². The van der Waals surface area contributed by atoms with E-state index in [9.17, 15) is 4.79 Å². The highest BCUT2D eigenvalue weighted by atomic mass is 16.2. The number of amides is 1. The largest absolute Gasteiger partial charge is 0.343 e. The van der Waals surface area contributed by atoms with Gasteiger partial charge in [0, 0.05) is 19.5 Å². The molecule has 0 unspecified atom stereocenters. The molecule has 0 aliphatic carbocycles. The second kappa shape index (κ2) is 21.7. The fraction of sp³-hybridized carbons (Fsp3) is 0.957. The van der Waals surface area contributed by atoms with E-state index in [4.69, 9.17) is 11.5 Å². The molecule has 0 spiro atoms. The first-order chi connectivity index (χ1) is 13.3. The first-order valence-electron chi connectivity index (χ1n) is 11.9. The number of unbranched alkanes of at least 4 members (excludes halogenated alkanes) is 13. The Labute approximate surface area is 169 Å². The Bertz CT molecular complexity index is 310. The lowest BCUT2D eigenvalue weighted by Gasteiger charge is -2.22. The molecule has 0 aliphatic rings. The van der Waals surface area contributed by atoms with Gasteiger partial charge in [0.15, 0.2) is 0 Å². The van der Waals surface area contributed by atoms with Gasteiger partial charge >= 0.3 is 0 Å². The minimum atomic E-state index is 0.309. The molecule has 4 heteroatoms. The van der Waals surface area contributed by atoms with Crippen LogP contribution in [0.15, 0.2) is 0 Å². The molecule has 0 saturated heterocycles. The number of nitrogens with zero attached hydrogens (tertiary/aromatic N) is 1. The molecule has 0 aromatic heterocycles. The van der Waals surface area contributed by atoms with Crippen LogP contribution in [-0.2, 0) is 4.79 Å². The SMILES string of the molecule is CCCCCCCCCCCCCCCC(=O)N(CCCN)CCCCN. The lowest BCUT2D eigenvalue weighted by Crippen LogP contribution is -2.34. The highest BCUT2D eigenvalue weighted by molar-refractivity contribution is 5.76. The maximum atomic E-state index is 12.4. The molecule has 0 rings (SSSR count). The van der Waals surface area contributed by atoms with Crippen LogP contribution in [-0.4, -0.2) is 37.0 Å². The lowest BCUT2D eigenvalue weighted by molar-refractivity contribution is -0.131. The summed E-state index contributed by atoms with van der Waals surface area (Å²) in [6.45, 7) is 5.28. The van der Waals surface area contributed by atoms with Gasteiger partial charge in [-0.3, -0.25) is 4.79 Å². The summed E-state index contributed by atoms with van der Waals surface area (Å²) in [6.07, 6.45) is 21.0. The summed E-state index contributed by atoms with van der Waals surface area (Å²) in [6, 6.07) is 0. The highest BCUT2D eigenvalue weighted by Gasteiger charge is 2.12. The number of carbonyl (C=O) groups excluding carboxylic acids is 1. The summed E-state index contributed by atoms with van der Waals surface area (Å²) in [5, 5.41) is 0. The molecule has 0 aromatic rings. The van der Waals surface area contributed by atoms with Crippen molar-refractivity contribution in [3.05, 3.63) is 0 Å². The van der Waals surface area contributed by atoms with E-state index in [1.807, 2.05) is 4.90 Å². The summed E-state index contributed by atoms with van der Waals surface area (Å²) in [5.41, 5.74) is 11.2. The van der Waals surface area contributed by atoms with Crippen molar-refractivity contribution in [1.29, 1.82) is 0 Å². The van der Waals surface area contributed by atoms with Crippen LogP contribution >= 0.6 is 0 Å². The van der Waals surface area contributed by atoms with Crippen LogP contribution in [0, 0.1) is 0 Å². The summed E-state index contributed by atoms with van der Waals surface area (Å²) in [7, 11) is 0. The van der Waals surface area contributed by atoms with E-state index in [2.05, 4.69) is 6.92 Å². The van der Waals surface area contributed by atoms with Crippen LogP contribution < -0.4 is 11.5 Å². The zero-order chi connectivity index (χ0) is 20.0. The van der Waals surface area contributed by atoms with Crippen molar-refractivity contribution in [2.75, 3.05) is 26.2 Å². The van der Waals surface area contributed by atoms with Crippen molar-refractivity contribution in [2.24, 2.45) is 11.5 Å². The Morgan fingerprint density at radius 1 is 0.593 bits per heavy atom. The topological polar surface area (TPSA) is 72.3 Å². The fourth-order valence-electron chi connectivity index (χ4n) is 3.54. The molecule has 4 nitrogen and oxygen atoms in total. The van der Waals surface area contributed by atoms with E-state index >= 15 is 0 Å². The third kappa shape index (κ3) is 18.5. The normalized spacial score (nSPS) is 11.1. The molecular formula is C23H49N3O. The first kappa shape index (κ1) is 26.4. The van der Waals surface area contributed by atoms with Crippen LogP contribution in [0.25, 0.3) is 0 Å². The van der Waals surface area contributed by atoms with Gasteiger partial charge in [-0.25, -0.2) is 0 Å². The zero-order valence-electron chi connectivity index (χ0n) is 18.4. The molecule has 0 aliphatic heterocycles. The molecule has 0 heterocycles. The second-order valence-electron chi connectivity index (χ2n) is 8.01. The molecule has 0 radical (unpaired) electrons. The molecule has 0 atom stereocenters. The monoisotopic (exact) mass is 383 g/mol. The van der Waals surface area contributed by atoms with Gasteiger partial charge < -0.3 is 16.4 Å².